The third kappa shape index (κ3) is 4.29. The maximum Gasteiger partial charge on any atom is 0.304 e. The van der Waals surface area contributed by atoms with Crippen molar-refractivity contribution in [2.75, 3.05) is 5.75 Å². The molecule has 0 fully saturated rings. The molecule has 4 nitrogen and oxygen atoms in total. The molecule has 0 bridgehead atoms. The molecular weight excluding hydrogens is 212 g/mol. The van der Waals surface area contributed by atoms with Crippen molar-refractivity contribution in [3.8, 4) is 0 Å². The smallest absolute Gasteiger partial charge is 0.304 e. The molecule has 0 aliphatic rings. The molecule has 0 atom stereocenters. The number of aromatic nitrogens is 2. The summed E-state index contributed by atoms with van der Waals surface area (Å²) in [7, 11) is 0. The lowest BCUT2D eigenvalue weighted by molar-refractivity contribution is -0.136. The molecule has 0 aliphatic carbocycles. The van der Waals surface area contributed by atoms with Crippen molar-refractivity contribution in [1.82, 2.24) is 9.97 Å². The van der Waals surface area contributed by atoms with Gasteiger partial charge in [-0.15, -0.1) is 11.8 Å². The molecule has 82 valence electrons. The van der Waals surface area contributed by atoms with E-state index in [1.54, 1.807) is 0 Å². The molecule has 0 saturated heterocycles. The van der Waals surface area contributed by atoms with Crippen molar-refractivity contribution in [3.05, 3.63) is 18.1 Å². The normalized spacial score (nSPS) is 10.6. The molecule has 0 aliphatic heterocycles. The topological polar surface area (TPSA) is 63.1 Å². The van der Waals surface area contributed by atoms with E-state index in [-0.39, 0.29) is 6.42 Å². The van der Waals surface area contributed by atoms with Gasteiger partial charge in [0.15, 0.2) is 0 Å². The first-order valence-electron chi connectivity index (χ1n) is 4.76. The Morgan fingerprint density at radius 3 is 2.87 bits per heavy atom. The van der Waals surface area contributed by atoms with Crippen molar-refractivity contribution >= 4 is 17.7 Å². The lowest BCUT2D eigenvalue weighted by Gasteiger charge is -2.05. The van der Waals surface area contributed by atoms with Gasteiger partial charge in [0.2, 0.25) is 0 Å². The molecule has 1 aromatic rings. The summed E-state index contributed by atoms with van der Waals surface area (Å²) in [5.74, 6) is 0.136. The van der Waals surface area contributed by atoms with E-state index >= 15 is 0 Å². The van der Waals surface area contributed by atoms with Crippen LogP contribution in [0.25, 0.3) is 0 Å². The van der Waals surface area contributed by atoms with Gasteiger partial charge in [0.25, 0.3) is 0 Å². The molecule has 1 rings (SSSR count). The summed E-state index contributed by atoms with van der Waals surface area (Å²) >= 11 is 1.45. The maximum atomic E-state index is 10.3. The zero-order chi connectivity index (χ0) is 11.3. The van der Waals surface area contributed by atoms with E-state index < -0.39 is 5.97 Å². The molecule has 15 heavy (non-hydrogen) atoms. The zero-order valence-electron chi connectivity index (χ0n) is 8.80. The first-order valence-corrected chi connectivity index (χ1v) is 5.74. The van der Waals surface area contributed by atoms with Crippen LogP contribution in [0.5, 0.6) is 0 Å². The van der Waals surface area contributed by atoms with Crippen molar-refractivity contribution in [1.29, 1.82) is 0 Å². The van der Waals surface area contributed by atoms with Crippen LogP contribution in [0.15, 0.2) is 17.4 Å². The monoisotopic (exact) mass is 226 g/mol. The summed E-state index contributed by atoms with van der Waals surface area (Å²) in [6, 6.07) is 1.91. The highest BCUT2D eigenvalue weighted by molar-refractivity contribution is 7.99. The fourth-order valence-corrected chi connectivity index (χ4v) is 1.80. The zero-order valence-corrected chi connectivity index (χ0v) is 9.62. The molecule has 0 spiro atoms. The Balaban J connectivity index is 2.54. The predicted octanol–water partition coefficient (Wildman–Crippen LogP) is 2.17. The molecule has 0 unspecified atom stereocenters. The van der Waals surface area contributed by atoms with Crippen molar-refractivity contribution in [2.24, 2.45) is 0 Å². The minimum atomic E-state index is -0.777. The Morgan fingerprint density at radius 1 is 1.53 bits per heavy atom. The SMILES string of the molecule is CC(C)c1cc(SCCC(=O)O)ncn1. The molecule has 0 saturated carbocycles. The number of carbonyl (C=O) groups is 1. The maximum absolute atomic E-state index is 10.3. The van der Waals surface area contributed by atoms with Crippen LogP contribution in [0.4, 0.5) is 0 Å². The van der Waals surface area contributed by atoms with Gasteiger partial charge in [0, 0.05) is 11.4 Å². The average molecular weight is 226 g/mol. The molecule has 1 N–H and O–H groups in total. The average Bonchev–Trinajstić information content (AvgIpc) is 2.17. The fourth-order valence-electron chi connectivity index (χ4n) is 0.991. The second-order valence-corrected chi connectivity index (χ2v) is 4.54. The number of nitrogens with zero attached hydrogens (tertiary/aromatic N) is 2. The van der Waals surface area contributed by atoms with Crippen LogP contribution in [0, 0.1) is 0 Å². The van der Waals surface area contributed by atoms with E-state index in [1.807, 2.05) is 6.07 Å². The van der Waals surface area contributed by atoms with Crippen LogP contribution in [-0.2, 0) is 4.79 Å². The van der Waals surface area contributed by atoms with Gasteiger partial charge in [0.1, 0.15) is 6.33 Å². The number of aliphatic carboxylic acids is 1. The molecular formula is C10H14N2O2S. The van der Waals surface area contributed by atoms with Gasteiger partial charge in [-0.1, -0.05) is 13.8 Å². The third-order valence-corrected chi connectivity index (χ3v) is 2.75. The van der Waals surface area contributed by atoms with E-state index in [0.29, 0.717) is 11.7 Å². The molecule has 5 heteroatoms. The molecule has 0 amide bonds. The number of hydrogen-bond donors (Lipinski definition) is 1. The highest BCUT2D eigenvalue weighted by atomic mass is 32.2. The van der Waals surface area contributed by atoms with Gasteiger partial charge in [-0.05, 0) is 12.0 Å². The van der Waals surface area contributed by atoms with Gasteiger partial charge >= 0.3 is 5.97 Å². The number of carboxylic acids is 1. The van der Waals surface area contributed by atoms with E-state index in [4.69, 9.17) is 5.11 Å². The third-order valence-electron chi connectivity index (χ3n) is 1.82. The van der Waals surface area contributed by atoms with Gasteiger partial charge in [-0.25, -0.2) is 9.97 Å². The van der Waals surface area contributed by atoms with Crippen LogP contribution in [0.1, 0.15) is 31.9 Å². The van der Waals surface area contributed by atoms with E-state index in [0.717, 1.165) is 10.7 Å². The van der Waals surface area contributed by atoms with Crippen LogP contribution in [-0.4, -0.2) is 26.8 Å². The Morgan fingerprint density at radius 2 is 2.27 bits per heavy atom. The van der Waals surface area contributed by atoms with Crippen LogP contribution in [0.2, 0.25) is 0 Å². The highest BCUT2D eigenvalue weighted by Gasteiger charge is 2.04. The summed E-state index contributed by atoms with van der Waals surface area (Å²) in [5.41, 5.74) is 0.989. The Kier molecular flexibility index (Phi) is 4.55. The van der Waals surface area contributed by atoms with Gasteiger partial charge in [0.05, 0.1) is 11.4 Å². The summed E-state index contributed by atoms with van der Waals surface area (Å²) in [5, 5.41) is 9.33. The Hall–Kier alpha value is -1.10. The minimum Gasteiger partial charge on any atom is -0.481 e. The number of hydrogen-bond acceptors (Lipinski definition) is 4. The van der Waals surface area contributed by atoms with Gasteiger partial charge < -0.3 is 5.11 Å². The molecule has 0 aromatic carbocycles. The lowest BCUT2D eigenvalue weighted by atomic mass is 10.1. The second-order valence-electron chi connectivity index (χ2n) is 3.43. The van der Waals surface area contributed by atoms with Gasteiger partial charge in [-0.2, -0.15) is 0 Å². The highest BCUT2D eigenvalue weighted by Crippen LogP contribution is 2.19. The van der Waals surface area contributed by atoms with E-state index in [9.17, 15) is 4.79 Å². The molecule has 1 heterocycles. The molecule has 1 aromatic heterocycles. The van der Waals surface area contributed by atoms with Gasteiger partial charge in [-0.3, -0.25) is 4.79 Å². The fraction of sp³-hybridized carbons (Fsp3) is 0.500. The summed E-state index contributed by atoms with van der Waals surface area (Å²) < 4.78 is 0. The first kappa shape index (κ1) is 12.0. The Bertz CT molecular complexity index is 342. The van der Waals surface area contributed by atoms with Crippen LogP contribution in [0.3, 0.4) is 0 Å². The second kappa shape index (κ2) is 5.70. The van der Waals surface area contributed by atoms with Crippen molar-refractivity contribution in [2.45, 2.75) is 31.2 Å². The standard InChI is InChI=1S/C10H14N2O2S/c1-7(2)8-5-9(12-6-11-8)15-4-3-10(13)14/h5-7H,3-4H2,1-2H3,(H,13,14). The van der Waals surface area contributed by atoms with Crippen LogP contribution >= 0.6 is 11.8 Å². The molecule has 0 radical (unpaired) electrons. The largest absolute Gasteiger partial charge is 0.481 e. The van der Waals surface area contributed by atoms with Crippen LogP contribution < -0.4 is 0 Å². The first-order chi connectivity index (χ1) is 7.09. The van der Waals surface area contributed by atoms with Crippen molar-refractivity contribution in [3.63, 3.8) is 0 Å². The number of rotatable bonds is 5. The minimum absolute atomic E-state index is 0.158. The summed E-state index contributed by atoms with van der Waals surface area (Å²) in [6.45, 7) is 4.13. The quantitative estimate of drug-likeness (QED) is 0.615. The van der Waals surface area contributed by atoms with Crippen molar-refractivity contribution < 1.29 is 9.90 Å². The Labute approximate surface area is 93.1 Å². The summed E-state index contributed by atoms with van der Waals surface area (Å²) in [4.78, 5) is 18.5. The van der Waals surface area contributed by atoms with E-state index in [2.05, 4.69) is 23.8 Å². The summed E-state index contributed by atoms with van der Waals surface area (Å²) in [6.07, 6.45) is 1.68. The number of thioether (sulfide) groups is 1. The van der Waals surface area contributed by atoms with E-state index in [1.165, 1.54) is 18.1 Å². The number of carboxylic acid groups (broad SMARTS) is 1. The lowest BCUT2D eigenvalue weighted by Crippen LogP contribution is -1.98. The predicted molar refractivity (Wildman–Crippen MR) is 59.1 cm³/mol.